The van der Waals surface area contributed by atoms with Crippen LogP contribution in [0.1, 0.15) is 24.8 Å². The maximum absolute atomic E-state index is 9.21. The van der Waals surface area contributed by atoms with Crippen molar-refractivity contribution in [1.29, 1.82) is 5.26 Å². The van der Waals surface area contributed by atoms with E-state index in [1.54, 1.807) is 6.20 Å². The first kappa shape index (κ1) is 12.9. The van der Waals surface area contributed by atoms with Gasteiger partial charge in [0.1, 0.15) is 11.9 Å². The predicted octanol–water partition coefficient (Wildman–Crippen LogP) is 2.39. The van der Waals surface area contributed by atoms with Crippen molar-refractivity contribution < 1.29 is 0 Å². The molecule has 0 bridgehead atoms. The third kappa shape index (κ3) is 2.60. The van der Waals surface area contributed by atoms with Crippen molar-refractivity contribution in [2.24, 2.45) is 0 Å². The summed E-state index contributed by atoms with van der Waals surface area (Å²) in [7, 11) is 0. The lowest BCUT2D eigenvalue weighted by atomic mass is 9.91. The van der Waals surface area contributed by atoms with Crippen molar-refractivity contribution in [2.75, 3.05) is 31.1 Å². The molecule has 1 saturated carbocycles. The van der Waals surface area contributed by atoms with E-state index >= 15 is 0 Å². The van der Waals surface area contributed by atoms with Crippen LogP contribution in [0.25, 0.3) is 0 Å². The topological polar surface area (TPSA) is 43.2 Å². The van der Waals surface area contributed by atoms with Crippen LogP contribution in [0.4, 0.5) is 5.82 Å². The first-order valence-electron chi connectivity index (χ1n) is 6.82. The van der Waals surface area contributed by atoms with E-state index in [4.69, 9.17) is 0 Å². The Morgan fingerprint density at radius 2 is 2.00 bits per heavy atom. The van der Waals surface area contributed by atoms with Crippen molar-refractivity contribution in [1.82, 2.24) is 9.88 Å². The molecule has 1 aliphatic heterocycles. The maximum atomic E-state index is 9.21. The van der Waals surface area contributed by atoms with E-state index in [9.17, 15) is 5.26 Å². The number of pyridine rings is 1. The zero-order chi connectivity index (χ0) is 13.2. The molecule has 1 aliphatic carbocycles. The molecule has 0 atom stereocenters. The quantitative estimate of drug-likeness (QED) is 0.839. The van der Waals surface area contributed by atoms with Crippen molar-refractivity contribution in [2.45, 2.75) is 25.3 Å². The number of aromatic nitrogens is 1. The summed E-state index contributed by atoms with van der Waals surface area (Å²) in [5.41, 5.74) is 0.659. The second kappa shape index (κ2) is 5.48. The van der Waals surface area contributed by atoms with Crippen LogP contribution in [0.5, 0.6) is 0 Å². The van der Waals surface area contributed by atoms with Gasteiger partial charge in [-0.3, -0.25) is 4.90 Å². The van der Waals surface area contributed by atoms with Crippen LogP contribution in [0.15, 0.2) is 16.7 Å². The van der Waals surface area contributed by atoms with Gasteiger partial charge in [0.25, 0.3) is 0 Å². The molecule has 2 aliphatic rings. The Kier molecular flexibility index (Phi) is 3.72. The molecule has 1 aromatic rings. The van der Waals surface area contributed by atoms with Crippen LogP contribution in [-0.2, 0) is 0 Å². The molecule has 2 heterocycles. The van der Waals surface area contributed by atoms with Crippen LogP contribution in [0, 0.1) is 11.3 Å². The van der Waals surface area contributed by atoms with Gasteiger partial charge in [-0.2, -0.15) is 5.26 Å². The third-order valence-electron chi connectivity index (χ3n) is 4.16. The van der Waals surface area contributed by atoms with Crippen LogP contribution in [-0.4, -0.2) is 42.1 Å². The van der Waals surface area contributed by atoms with E-state index in [0.717, 1.165) is 42.5 Å². The fraction of sp³-hybridized carbons (Fsp3) is 0.571. The molecule has 1 saturated heterocycles. The Morgan fingerprint density at radius 1 is 1.26 bits per heavy atom. The number of piperazine rings is 1. The molecule has 0 unspecified atom stereocenters. The highest BCUT2D eigenvalue weighted by Crippen LogP contribution is 2.27. The minimum Gasteiger partial charge on any atom is -0.353 e. The Hall–Kier alpha value is -1.12. The van der Waals surface area contributed by atoms with Gasteiger partial charge in [-0.1, -0.05) is 6.42 Å². The van der Waals surface area contributed by atoms with Gasteiger partial charge in [0, 0.05) is 42.9 Å². The molecule has 0 amide bonds. The summed E-state index contributed by atoms with van der Waals surface area (Å²) in [5.74, 6) is 0.832. The number of anilines is 1. The second-order valence-corrected chi connectivity index (χ2v) is 6.16. The van der Waals surface area contributed by atoms with Gasteiger partial charge in [0.15, 0.2) is 0 Å². The van der Waals surface area contributed by atoms with E-state index in [1.807, 2.05) is 6.07 Å². The monoisotopic (exact) mass is 320 g/mol. The summed E-state index contributed by atoms with van der Waals surface area (Å²) in [6.45, 7) is 4.13. The largest absolute Gasteiger partial charge is 0.353 e. The summed E-state index contributed by atoms with van der Waals surface area (Å²) in [4.78, 5) is 9.24. The highest BCUT2D eigenvalue weighted by molar-refractivity contribution is 9.10. The van der Waals surface area contributed by atoms with Crippen molar-refractivity contribution >= 4 is 21.7 Å². The molecule has 2 fully saturated rings. The second-order valence-electron chi connectivity index (χ2n) is 5.24. The number of nitrogens with zero attached hydrogens (tertiary/aromatic N) is 4. The average molecular weight is 321 g/mol. The Bertz CT molecular complexity index is 499. The van der Waals surface area contributed by atoms with Gasteiger partial charge in [-0.25, -0.2) is 4.98 Å². The van der Waals surface area contributed by atoms with Crippen molar-refractivity contribution in [3.63, 3.8) is 0 Å². The zero-order valence-corrected chi connectivity index (χ0v) is 12.4. The Labute approximate surface area is 122 Å². The number of hydrogen-bond acceptors (Lipinski definition) is 4. The molecular formula is C14H17BrN4. The molecule has 1 aromatic heterocycles. The number of halogens is 1. The maximum Gasteiger partial charge on any atom is 0.146 e. The molecule has 0 N–H and O–H groups in total. The molecule has 100 valence electrons. The molecule has 0 aromatic carbocycles. The predicted molar refractivity (Wildman–Crippen MR) is 78.1 cm³/mol. The van der Waals surface area contributed by atoms with Gasteiger partial charge >= 0.3 is 0 Å². The van der Waals surface area contributed by atoms with Crippen LogP contribution >= 0.6 is 15.9 Å². The van der Waals surface area contributed by atoms with E-state index in [2.05, 4.69) is 36.8 Å². The Balaban J connectivity index is 1.69. The zero-order valence-electron chi connectivity index (χ0n) is 10.8. The van der Waals surface area contributed by atoms with E-state index in [1.165, 1.54) is 19.3 Å². The summed E-state index contributed by atoms with van der Waals surface area (Å²) >= 11 is 3.37. The molecular weight excluding hydrogens is 304 g/mol. The number of rotatable bonds is 2. The average Bonchev–Trinajstić information content (AvgIpc) is 2.38. The summed E-state index contributed by atoms with van der Waals surface area (Å²) in [5, 5.41) is 9.21. The lowest BCUT2D eigenvalue weighted by molar-refractivity contribution is 0.120. The van der Waals surface area contributed by atoms with Gasteiger partial charge in [-0.05, 0) is 34.8 Å². The van der Waals surface area contributed by atoms with Crippen LogP contribution in [0.3, 0.4) is 0 Å². The summed E-state index contributed by atoms with van der Waals surface area (Å²) < 4.78 is 0.862. The van der Waals surface area contributed by atoms with Gasteiger partial charge < -0.3 is 4.90 Å². The minimum absolute atomic E-state index is 0.659. The fourth-order valence-corrected chi connectivity index (χ4v) is 3.15. The van der Waals surface area contributed by atoms with Gasteiger partial charge in [-0.15, -0.1) is 0 Å². The van der Waals surface area contributed by atoms with E-state index in [-0.39, 0.29) is 0 Å². The summed E-state index contributed by atoms with van der Waals surface area (Å²) in [6, 6.07) is 4.91. The van der Waals surface area contributed by atoms with E-state index < -0.39 is 0 Å². The molecule has 4 nitrogen and oxygen atoms in total. The number of hydrogen-bond donors (Lipinski definition) is 0. The highest BCUT2D eigenvalue weighted by Gasteiger charge is 2.28. The smallest absolute Gasteiger partial charge is 0.146 e. The van der Waals surface area contributed by atoms with Crippen LogP contribution in [0.2, 0.25) is 0 Å². The standard InChI is InChI=1S/C14H17BrN4/c15-12-8-11(9-16)14(17-10-12)19-6-4-18(5-7-19)13-2-1-3-13/h8,10,13H,1-7H2. The van der Waals surface area contributed by atoms with Crippen LogP contribution < -0.4 is 4.90 Å². The van der Waals surface area contributed by atoms with Gasteiger partial charge in [0.2, 0.25) is 0 Å². The molecule has 0 radical (unpaired) electrons. The Morgan fingerprint density at radius 3 is 2.58 bits per heavy atom. The highest BCUT2D eigenvalue weighted by atomic mass is 79.9. The van der Waals surface area contributed by atoms with Crippen molar-refractivity contribution in [3.05, 3.63) is 22.3 Å². The third-order valence-corrected chi connectivity index (χ3v) is 4.59. The lowest BCUT2D eigenvalue weighted by Gasteiger charge is -2.43. The summed E-state index contributed by atoms with van der Waals surface area (Å²) in [6.07, 6.45) is 5.88. The SMILES string of the molecule is N#Cc1cc(Br)cnc1N1CCN(C2CCC2)CC1. The first-order valence-corrected chi connectivity index (χ1v) is 7.62. The fourth-order valence-electron chi connectivity index (χ4n) is 2.82. The molecule has 5 heteroatoms. The van der Waals surface area contributed by atoms with Crippen molar-refractivity contribution in [3.8, 4) is 6.07 Å². The number of nitriles is 1. The lowest BCUT2D eigenvalue weighted by Crippen LogP contribution is -2.52. The minimum atomic E-state index is 0.659. The first-order chi connectivity index (χ1) is 9.28. The normalized spacial score (nSPS) is 20.9. The molecule has 3 rings (SSSR count). The molecule has 19 heavy (non-hydrogen) atoms. The molecule has 0 spiro atoms. The van der Waals surface area contributed by atoms with E-state index in [0.29, 0.717) is 5.56 Å². The van der Waals surface area contributed by atoms with Gasteiger partial charge in [0.05, 0.1) is 5.56 Å².